The Bertz CT molecular complexity index is 2240. The lowest BCUT2D eigenvalue weighted by molar-refractivity contribution is 0.0391. The Balaban J connectivity index is 1.59. The van der Waals surface area contributed by atoms with E-state index >= 15 is 0 Å². The third kappa shape index (κ3) is 5.47. The molecule has 5 aromatic rings. The molecule has 0 spiro atoms. The highest BCUT2D eigenvalue weighted by molar-refractivity contribution is 6.41. The van der Waals surface area contributed by atoms with Crippen LogP contribution >= 0.6 is 0 Å². The number of nitrogens with zero attached hydrogens (tertiary/aromatic N) is 2. The van der Waals surface area contributed by atoms with E-state index in [1.165, 1.54) is 0 Å². The van der Waals surface area contributed by atoms with Gasteiger partial charge in [-0.3, -0.25) is 24.1 Å². The van der Waals surface area contributed by atoms with Crippen molar-refractivity contribution in [1.29, 1.82) is 0 Å². The molecule has 52 heavy (non-hydrogen) atoms. The molecule has 10 nitrogen and oxygen atoms in total. The molecule has 3 N–H and O–H groups in total. The first-order valence-corrected chi connectivity index (χ1v) is 17.3. The summed E-state index contributed by atoms with van der Waals surface area (Å²) in [5.41, 5.74) is 4.30. The summed E-state index contributed by atoms with van der Waals surface area (Å²) in [4.78, 5) is 61.2. The lowest BCUT2D eigenvalue weighted by Gasteiger charge is -2.38. The summed E-state index contributed by atoms with van der Waals surface area (Å²) >= 11 is 0. The SMILES string of the molecule is CCC(C)C(CO)N1C(=O)c2cc(-c3ccc(CO)cc3)c3c4c(cc(-c5ccc(OC)cc5)c(c24)C1=O)C(=O)N(c1ccc(CCO)cc1)C3=O. The van der Waals surface area contributed by atoms with Gasteiger partial charge in [0.25, 0.3) is 23.6 Å². The first-order chi connectivity index (χ1) is 25.2. The van der Waals surface area contributed by atoms with Gasteiger partial charge in [-0.25, -0.2) is 4.90 Å². The van der Waals surface area contributed by atoms with Gasteiger partial charge in [-0.05, 0) is 82.1 Å². The van der Waals surface area contributed by atoms with Crippen LogP contribution < -0.4 is 9.64 Å². The number of hydrogen-bond donors (Lipinski definition) is 3. The predicted octanol–water partition coefficient (Wildman–Crippen LogP) is 6.01. The van der Waals surface area contributed by atoms with Crippen molar-refractivity contribution >= 4 is 40.1 Å². The summed E-state index contributed by atoms with van der Waals surface area (Å²) in [5, 5.41) is 30.2. The maximum atomic E-state index is 14.8. The molecule has 2 unspecified atom stereocenters. The molecule has 2 aliphatic heterocycles. The molecule has 0 saturated carbocycles. The Labute approximate surface area is 300 Å². The first-order valence-electron chi connectivity index (χ1n) is 17.3. The van der Waals surface area contributed by atoms with E-state index in [9.17, 15) is 34.5 Å². The number of imide groups is 2. The van der Waals surface area contributed by atoms with Crippen LogP contribution in [0.3, 0.4) is 0 Å². The molecule has 2 heterocycles. The van der Waals surface area contributed by atoms with Gasteiger partial charge in [0.15, 0.2) is 0 Å². The normalized spacial score (nSPS) is 15.0. The predicted molar refractivity (Wildman–Crippen MR) is 196 cm³/mol. The number of aliphatic hydroxyl groups excluding tert-OH is 3. The minimum atomic E-state index is -0.830. The highest BCUT2D eigenvalue weighted by Gasteiger charge is 2.45. The third-order valence-electron chi connectivity index (χ3n) is 10.4. The molecular weight excluding hydrogens is 660 g/mol. The number of aliphatic hydroxyl groups is 3. The maximum Gasteiger partial charge on any atom is 0.266 e. The quantitative estimate of drug-likeness (QED) is 0.142. The van der Waals surface area contributed by atoms with Crippen LogP contribution in [0, 0.1) is 5.92 Å². The second-order valence-corrected chi connectivity index (χ2v) is 13.2. The van der Waals surface area contributed by atoms with Crippen molar-refractivity contribution in [3.05, 3.63) is 118 Å². The molecule has 0 saturated heterocycles. The van der Waals surface area contributed by atoms with E-state index in [0.717, 1.165) is 15.4 Å². The van der Waals surface area contributed by atoms with Gasteiger partial charge in [0.1, 0.15) is 5.75 Å². The zero-order valence-electron chi connectivity index (χ0n) is 29.1. The van der Waals surface area contributed by atoms with Gasteiger partial charge in [-0.2, -0.15) is 0 Å². The number of benzene rings is 5. The number of rotatable bonds is 11. The van der Waals surface area contributed by atoms with Crippen molar-refractivity contribution in [2.24, 2.45) is 5.92 Å². The monoisotopic (exact) mass is 698 g/mol. The number of hydrogen-bond acceptors (Lipinski definition) is 8. The largest absolute Gasteiger partial charge is 0.497 e. The Morgan fingerprint density at radius 2 is 1.19 bits per heavy atom. The minimum absolute atomic E-state index is 0.0567. The topological polar surface area (TPSA) is 145 Å². The Kier molecular flexibility index (Phi) is 9.22. The zero-order chi connectivity index (χ0) is 36.8. The molecule has 10 heteroatoms. The standard InChI is InChI=1S/C42H38N2O8/c1-4-23(2)34(22-47)44-40(49)33-20-30(26-9-5-25(21-46)6-10-26)37-35-32(39(48)43(41(37)50)28-13-7-24(8-14-28)17-18-45)19-31(38(36(33)35)42(44)51)27-11-15-29(52-3)16-12-27/h5-16,19-20,23,34,45-47H,4,17-18,21-22H2,1-3H3. The molecule has 0 fully saturated rings. The van der Waals surface area contributed by atoms with Crippen LogP contribution in [-0.4, -0.2) is 70.2 Å². The average Bonchev–Trinajstić information content (AvgIpc) is 3.17. The number of methoxy groups -OCH3 is 1. The molecule has 5 aromatic carbocycles. The van der Waals surface area contributed by atoms with Gasteiger partial charge in [-0.1, -0.05) is 68.8 Å². The summed E-state index contributed by atoms with van der Waals surface area (Å²) in [6.45, 7) is 3.10. The lowest BCUT2D eigenvalue weighted by atomic mass is 9.78. The number of amides is 4. The molecule has 0 bridgehead atoms. The molecule has 2 atom stereocenters. The van der Waals surface area contributed by atoms with Gasteiger partial charge in [0.2, 0.25) is 0 Å². The van der Waals surface area contributed by atoms with E-state index in [2.05, 4.69) is 0 Å². The van der Waals surface area contributed by atoms with Gasteiger partial charge < -0.3 is 20.1 Å². The summed E-state index contributed by atoms with van der Waals surface area (Å²) in [7, 11) is 1.54. The second kappa shape index (κ2) is 13.8. The van der Waals surface area contributed by atoms with Gasteiger partial charge in [-0.15, -0.1) is 0 Å². The van der Waals surface area contributed by atoms with Crippen molar-refractivity contribution in [3.63, 3.8) is 0 Å². The van der Waals surface area contributed by atoms with Gasteiger partial charge in [0, 0.05) is 28.5 Å². The van der Waals surface area contributed by atoms with Gasteiger partial charge >= 0.3 is 0 Å². The highest BCUT2D eigenvalue weighted by atomic mass is 16.5. The summed E-state index contributed by atoms with van der Waals surface area (Å²) in [6.07, 6.45) is 0.998. The Morgan fingerprint density at radius 3 is 1.71 bits per heavy atom. The van der Waals surface area contributed by atoms with E-state index in [0.29, 0.717) is 52.1 Å². The van der Waals surface area contributed by atoms with E-state index in [1.807, 2.05) is 13.8 Å². The summed E-state index contributed by atoms with van der Waals surface area (Å²) < 4.78 is 5.38. The van der Waals surface area contributed by atoms with Crippen molar-refractivity contribution < 1.29 is 39.2 Å². The Hall–Kier alpha value is -5.68. The molecular formula is C42H38N2O8. The van der Waals surface area contributed by atoms with Crippen LogP contribution in [-0.2, 0) is 13.0 Å². The number of anilines is 1. The van der Waals surface area contributed by atoms with E-state index in [4.69, 9.17) is 4.74 Å². The van der Waals surface area contributed by atoms with Crippen molar-refractivity contribution in [2.45, 2.75) is 39.3 Å². The fourth-order valence-electron chi connectivity index (χ4n) is 7.36. The van der Waals surface area contributed by atoms with E-state index < -0.39 is 36.3 Å². The van der Waals surface area contributed by atoms with Gasteiger partial charge in [0.05, 0.1) is 43.2 Å². The van der Waals surface area contributed by atoms with E-state index in [1.54, 1.807) is 92.0 Å². The van der Waals surface area contributed by atoms with Crippen LogP contribution in [0.4, 0.5) is 5.69 Å². The van der Waals surface area contributed by atoms with Crippen LogP contribution in [0.1, 0.15) is 72.8 Å². The average molecular weight is 699 g/mol. The summed E-state index contributed by atoms with van der Waals surface area (Å²) in [6, 6.07) is 23.1. The smallest absolute Gasteiger partial charge is 0.266 e. The fraction of sp³-hybridized carbons (Fsp3) is 0.238. The number of carbonyl (C=O) groups excluding carboxylic acids is 4. The highest BCUT2D eigenvalue weighted by Crippen LogP contribution is 2.47. The maximum absolute atomic E-state index is 14.8. The number of ether oxygens (including phenoxy) is 1. The molecule has 4 amide bonds. The molecule has 2 aliphatic rings. The van der Waals surface area contributed by atoms with Crippen LogP contribution in [0.15, 0.2) is 84.9 Å². The van der Waals surface area contributed by atoms with Crippen molar-refractivity contribution in [3.8, 4) is 28.0 Å². The number of carbonyl (C=O) groups is 4. The molecule has 264 valence electrons. The molecule has 7 rings (SSSR count). The lowest BCUT2D eigenvalue weighted by Crippen LogP contribution is -2.52. The summed E-state index contributed by atoms with van der Waals surface area (Å²) in [5.74, 6) is -2.15. The second-order valence-electron chi connectivity index (χ2n) is 13.2. The zero-order valence-corrected chi connectivity index (χ0v) is 29.1. The first kappa shape index (κ1) is 34.8. The fourth-order valence-corrected chi connectivity index (χ4v) is 7.36. The molecule has 0 aromatic heterocycles. The molecule has 0 radical (unpaired) electrons. The van der Waals surface area contributed by atoms with Crippen LogP contribution in [0.5, 0.6) is 5.75 Å². The van der Waals surface area contributed by atoms with Crippen molar-refractivity contribution in [2.75, 3.05) is 25.2 Å². The minimum Gasteiger partial charge on any atom is -0.497 e. The molecule has 0 aliphatic carbocycles. The Morgan fingerprint density at radius 1 is 0.654 bits per heavy atom. The van der Waals surface area contributed by atoms with Crippen LogP contribution in [0.2, 0.25) is 0 Å². The third-order valence-corrected chi connectivity index (χ3v) is 10.4. The van der Waals surface area contributed by atoms with E-state index in [-0.39, 0.29) is 52.2 Å². The van der Waals surface area contributed by atoms with Crippen LogP contribution in [0.25, 0.3) is 33.0 Å². The van der Waals surface area contributed by atoms with Crippen molar-refractivity contribution in [1.82, 2.24) is 4.90 Å².